The van der Waals surface area contributed by atoms with Gasteiger partial charge in [-0.25, -0.2) is 4.79 Å². The van der Waals surface area contributed by atoms with Gasteiger partial charge < -0.3 is 10.1 Å². The Morgan fingerprint density at radius 3 is 2.30 bits per heavy atom. The monoisotopic (exact) mass is 364 g/mol. The van der Waals surface area contributed by atoms with Crippen LogP contribution in [-0.2, 0) is 9.53 Å². The molecule has 0 saturated heterocycles. The minimum atomic E-state index is -0.689. The Hall–Kier alpha value is -3.48. The summed E-state index contributed by atoms with van der Waals surface area (Å²) in [7, 11) is 0. The number of nitrogens with zero attached hydrogens (tertiary/aromatic N) is 3. The van der Waals surface area contributed by atoms with Crippen molar-refractivity contribution >= 4 is 17.6 Å². The van der Waals surface area contributed by atoms with Crippen LogP contribution in [0.2, 0.25) is 0 Å². The summed E-state index contributed by atoms with van der Waals surface area (Å²) in [6, 6.07) is 15.0. The van der Waals surface area contributed by atoms with Gasteiger partial charge >= 0.3 is 5.97 Å². The molecule has 0 aliphatic rings. The standard InChI is InChI=1S/C20H20N4O3/c1-13-8-7-9-14(2)18(13)21-17(25)12-27-20(26)19-15(3)22-24(23-19)16-10-5-4-6-11-16/h4-11H,12H2,1-3H3,(H,21,25). The van der Waals surface area contributed by atoms with Gasteiger partial charge in [0.2, 0.25) is 0 Å². The van der Waals surface area contributed by atoms with Gasteiger partial charge in [0.15, 0.2) is 12.3 Å². The molecule has 0 spiro atoms. The second-order valence-corrected chi connectivity index (χ2v) is 6.15. The SMILES string of the molecule is Cc1cccc(C)c1NC(=O)COC(=O)c1nn(-c2ccccc2)nc1C. The molecule has 0 bridgehead atoms. The van der Waals surface area contributed by atoms with Gasteiger partial charge in [-0.1, -0.05) is 36.4 Å². The average molecular weight is 364 g/mol. The summed E-state index contributed by atoms with van der Waals surface area (Å²) < 4.78 is 5.11. The first-order valence-corrected chi connectivity index (χ1v) is 8.48. The molecule has 27 heavy (non-hydrogen) atoms. The van der Waals surface area contributed by atoms with Crippen molar-refractivity contribution in [3.05, 3.63) is 71.0 Å². The van der Waals surface area contributed by atoms with Crippen molar-refractivity contribution in [3.8, 4) is 5.69 Å². The van der Waals surface area contributed by atoms with Crippen LogP contribution in [0.5, 0.6) is 0 Å². The van der Waals surface area contributed by atoms with E-state index in [0.29, 0.717) is 5.69 Å². The number of rotatable bonds is 5. The number of hydrogen-bond donors (Lipinski definition) is 1. The van der Waals surface area contributed by atoms with Crippen molar-refractivity contribution in [2.45, 2.75) is 20.8 Å². The zero-order valence-electron chi connectivity index (χ0n) is 15.4. The van der Waals surface area contributed by atoms with E-state index in [1.54, 1.807) is 6.92 Å². The Morgan fingerprint density at radius 1 is 0.963 bits per heavy atom. The summed E-state index contributed by atoms with van der Waals surface area (Å²) >= 11 is 0. The van der Waals surface area contributed by atoms with Crippen molar-refractivity contribution < 1.29 is 14.3 Å². The van der Waals surface area contributed by atoms with Gasteiger partial charge in [0, 0.05) is 5.69 Å². The summed E-state index contributed by atoms with van der Waals surface area (Å²) in [6.45, 7) is 5.07. The number of esters is 1. The largest absolute Gasteiger partial charge is 0.451 e. The lowest BCUT2D eigenvalue weighted by Crippen LogP contribution is -2.22. The Labute approximate surface area is 157 Å². The highest BCUT2D eigenvalue weighted by molar-refractivity contribution is 5.96. The summed E-state index contributed by atoms with van der Waals surface area (Å²) in [6.07, 6.45) is 0. The number of aromatic nitrogens is 3. The first-order valence-electron chi connectivity index (χ1n) is 8.48. The first-order chi connectivity index (χ1) is 13.0. The number of anilines is 1. The molecule has 0 saturated carbocycles. The summed E-state index contributed by atoms with van der Waals surface area (Å²) in [5, 5.41) is 11.2. The van der Waals surface area contributed by atoms with Gasteiger partial charge in [0.1, 0.15) is 0 Å². The van der Waals surface area contributed by atoms with E-state index < -0.39 is 18.5 Å². The average Bonchev–Trinajstić information content (AvgIpc) is 3.05. The molecular weight excluding hydrogens is 344 g/mol. The maximum absolute atomic E-state index is 12.3. The molecule has 0 radical (unpaired) electrons. The zero-order chi connectivity index (χ0) is 19.4. The number of amides is 1. The molecule has 1 N–H and O–H groups in total. The topological polar surface area (TPSA) is 86.1 Å². The van der Waals surface area contributed by atoms with E-state index in [1.165, 1.54) is 4.80 Å². The van der Waals surface area contributed by atoms with Crippen molar-refractivity contribution in [1.82, 2.24) is 15.0 Å². The molecular formula is C20H20N4O3. The Kier molecular flexibility index (Phi) is 5.30. The predicted molar refractivity (Wildman–Crippen MR) is 101 cm³/mol. The smallest absolute Gasteiger partial charge is 0.361 e. The number of aryl methyl sites for hydroxylation is 3. The summed E-state index contributed by atoms with van der Waals surface area (Å²) in [4.78, 5) is 25.8. The molecule has 0 aliphatic heterocycles. The van der Waals surface area contributed by atoms with E-state index >= 15 is 0 Å². The second kappa shape index (κ2) is 7.82. The number of ether oxygens (including phenoxy) is 1. The van der Waals surface area contributed by atoms with Crippen molar-refractivity contribution in [3.63, 3.8) is 0 Å². The van der Waals surface area contributed by atoms with E-state index in [4.69, 9.17) is 4.74 Å². The fourth-order valence-electron chi connectivity index (χ4n) is 2.63. The molecule has 2 aromatic carbocycles. The number of benzene rings is 2. The third-order valence-corrected chi connectivity index (χ3v) is 4.04. The molecule has 0 fully saturated rings. The van der Waals surface area contributed by atoms with Crippen LogP contribution in [0.15, 0.2) is 48.5 Å². The molecule has 0 atom stereocenters. The third kappa shape index (κ3) is 4.20. The lowest BCUT2D eigenvalue weighted by molar-refractivity contribution is -0.119. The fourth-order valence-corrected chi connectivity index (χ4v) is 2.63. The number of nitrogens with one attached hydrogen (secondary N) is 1. The van der Waals surface area contributed by atoms with Gasteiger partial charge in [-0.15, -0.1) is 5.10 Å². The fraction of sp³-hybridized carbons (Fsp3) is 0.200. The van der Waals surface area contributed by atoms with Crippen molar-refractivity contribution in [2.75, 3.05) is 11.9 Å². The van der Waals surface area contributed by atoms with Gasteiger partial charge in [0.25, 0.3) is 5.91 Å². The van der Waals surface area contributed by atoms with E-state index in [2.05, 4.69) is 15.5 Å². The molecule has 1 aromatic heterocycles. The minimum Gasteiger partial charge on any atom is -0.451 e. The van der Waals surface area contributed by atoms with Crippen LogP contribution in [0, 0.1) is 20.8 Å². The van der Waals surface area contributed by atoms with Crippen LogP contribution in [0.25, 0.3) is 5.69 Å². The number of carbonyl (C=O) groups is 2. The molecule has 1 amide bonds. The van der Waals surface area contributed by atoms with Crippen LogP contribution < -0.4 is 5.32 Å². The van der Waals surface area contributed by atoms with E-state index in [9.17, 15) is 9.59 Å². The summed E-state index contributed by atoms with van der Waals surface area (Å²) in [5.74, 6) is -1.10. The quantitative estimate of drug-likeness (QED) is 0.704. The molecule has 138 valence electrons. The minimum absolute atomic E-state index is 0.0822. The van der Waals surface area contributed by atoms with Crippen molar-refractivity contribution in [2.24, 2.45) is 0 Å². The van der Waals surface area contributed by atoms with Crippen LogP contribution >= 0.6 is 0 Å². The van der Waals surface area contributed by atoms with Crippen LogP contribution in [-0.4, -0.2) is 33.5 Å². The molecule has 1 heterocycles. The Bertz CT molecular complexity index is 960. The lowest BCUT2D eigenvalue weighted by atomic mass is 10.1. The first kappa shape index (κ1) is 18.3. The molecule has 3 aromatic rings. The number of para-hydroxylation sites is 2. The lowest BCUT2D eigenvalue weighted by Gasteiger charge is -2.11. The molecule has 3 rings (SSSR count). The Morgan fingerprint density at radius 2 is 1.63 bits per heavy atom. The molecule has 7 nitrogen and oxygen atoms in total. The van der Waals surface area contributed by atoms with Gasteiger partial charge in [-0.2, -0.15) is 9.90 Å². The van der Waals surface area contributed by atoms with Crippen molar-refractivity contribution in [1.29, 1.82) is 0 Å². The second-order valence-electron chi connectivity index (χ2n) is 6.15. The van der Waals surface area contributed by atoms with Crippen LogP contribution in [0.4, 0.5) is 5.69 Å². The van der Waals surface area contributed by atoms with E-state index in [1.807, 2.05) is 62.4 Å². The normalized spacial score (nSPS) is 10.5. The number of carbonyl (C=O) groups excluding carboxylic acids is 2. The molecule has 0 aliphatic carbocycles. The Balaban J connectivity index is 1.64. The maximum Gasteiger partial charge on any atom is 0.361 e. The van der Waals surface area contributed by atoms with Crippen LogP contribution in [0.1, 0.15) is 27.3 Å². The van der Waals surface area contributed by atoms with Crippen LogP contribution in [0.3, 0.4) is 0 Å². The maximum atomic E-state index is 12.3. The predicted octanol–water partition coefficient (Wildman–Crippen LogP) is 2.99. The van der Waals surface area contributed by atoms with Gasteiger partial charge in [-0.05, 0) is 44.0 Å². The third-order valence-electron chi connectivity index (χ3n) is 4.04. The summed E-state index contributed by atoms with van der Waals surface area (Å²) in [5.41, 5.74) is 3.85. The van der Waals surface area contributed by atoms with E-state index in [-0.39, 0.29) is 5.69 Å². The molecule has 7 heteroatoms. The zero-order valence-corrected chi connectivity index (χ0v) is 15.4. The highest BCUT2D eigenvalue weighted by Crippen LogP contribution is 2.19. The van der Waals surface area contributed by atoms with E-state index in [0.717, 1.165) is 22.5 Å². The molecule has 0 unspecified atom stereocenters. The van der Waals surface area contributed by atoms with Gasteiger partial charge in [-0.3, -0.25) is 4.79 Å². The highest BCUT2D eigenvalue weighted by Gasteiger charge is 2.19. The highest BCUT2D eigenvalue weighted by atomic mass is 16.5. The van der Waals surface area contributed by atoms with Gasteiger partial charge in [0.05, 0.1) is 11.4 Å². The number of hydrogen-bond acceptors (Lipinski definition) is 5.